The van der Waals surface area contributed by atoms with Gasteiger partial charge < -0.3 is 15.2 Å². The molecular formula is C20H24N2O4S. The number of carbonyl (C=O) groups excluding carboxylic acids is 2. The van der Waals surface area contributed by atoms with Crippen LogP contribution < -0.4 is 5.32 Å². The Balaban J connectivity index is 1.49. The van der Waals surface area contributed by atoms with Crippen LogP contribution in [-0.2, 0) is 9.53 Å². The van der Waals surface area contributed by atoms with Gasteiger partial charge in [-0.1, -0.05) is 30.3 Å². The van der Waals surface area contributed by atoms with Crippen LogP contribution in [0.15, 0.2) is 41.8 Å². The Hall–Kier alpha value is -2.22. The maximum Gasteiger partial charge on any atom is 0.350 e. The number of esters is 1. The molecule has 1 aromatic carbocycles. The third-order valence-corrected chi connectivity index (χ3v) is 5.79. The molecule has 2 heterocycles. The summed E-state index contributed by atoms with van der Waals surface area (Å²) in [4.78, 5) is 26.5. The maximum atomic E-state index is 12.3. The largest absolute Gasteiger partial charge is 0.465 e. The summed E-state index contributed by atoms with van der Waals surface area (Å²) in [5, 5.41) is 15.1. The lowest BCUT2D eigenvalue weighted by Gasteiger charge is -2.34. The number of thiophene rings is 1. The summed E-state index contributed by atoms with van der Waals surface area (Å²) < 4.78 is 4.72. The van der Waals surface area contributed by atoms with Crippen molar-refractivity contribution in [3.8, 4) is 0 Å². The summed E-state index contributed by atoms with van der Waals surface area (Å²) in [7, 11) is 1.32. The number of aliphatic hydroxyl groups is 1. The van der Waals surface area contributed by atoms with Crippen molar-refractivity contribution in [2.75, 3.05) is 32.1 Å². The van der Waals surface area contributed by atoms with Crippen LogP contribution in [0.4, 0.5) is 5.69 Å². The maximum absolute atomic E-state index is 12.3. The molecule has 1 aromatic heterocycles. The van der Waals surface area contributed by atoms with Gasteiger partial charge in [0.2, 0.25) is 5.91 Å². The van der Waals surface area contributed by atoms with Gasteiger partial charge in [-0.05, 0) is 48.9 Å². The van der Waals surface area contributed by atoms with E-state index >= 15 is 0 Å². The van der Waals surface area contributed by atoms with Gasteiger partial charge in [0.1, 0.15) is 4.88 Å². The molecule has 2 aromatic rings. The SMILES string of the molecule is COC(=O)c1sccc1NC(=O)CN1CCC([C@H](O)c2ccccc2)CC1. The average molecular weight is 388 g/mol. The summed E-state index contributed by atoms with van der Waals surface area (Å²) in [6.07, 6.45) is 1.22. The Morgan fingerprint density at radius 2 is 1.96 bits per heavy atom. The van der Waals surface area contributed by atoms with E-state index < -0.39 is 12.1 Å². The van der Waals surface area contributed by atoms with E-state index in [1.165, 1.54) is 18.4 Å². The minimum absolute atomic E-state index is 0.152. The van der Waals surface area contributed by atoms with Crippen molar-refractivity contribution in [1.82, 2.24) is 4.90 Å². The van der Waals surface area contributed by atoms with E-state index in [4.69, 9.17) is 4.74 Å². The zero-order chi connectivity index (χ0) is 19.2. The second-order valence-electron chi connectivity index (χ2n) is 6.67. The highest BCUT2D eigenvalue weighted by Crippen LogP contribution is 2.30. The van der Waals surface area contributed by atoms with E-state index in [2.05, 4.69) is 10.2 Å². The third-order valence-electron chi connectivity index (χ3n) is 4.90. The number of hydrogen-bond acceptors (Lipinski definition) is 6. The summed E-state index contributed by atoms with van der Waals surface area (Å²) in [5.41, 5.74) is 1.44. The number of ether oxygens (including phenoxy) is 1. The number of carbonyl (C=O) groups is 2. The van der Waals surface area contributed by atoms with Crippen molar-refractivity contribution in [3.63, 3.8) is 0 Å². The Morgan fingerprint density at radius 1 is 1.26 bits per heavy atom. The number of anilines is 1. The molecule has 27 heavy (non-hydrogen) atoms. The third kappa shape index (κ3) is 4.94. The zero-order valence-electron chi connectivity index (χ0n) is 15.3. The summed E-state index contributed by atoms with van der Waals surface area (Å²) in [5.74, 6) is -0.397. The monoisotopic (exact) mass is 388 g/mol. The quantitative estimate of drug-likeness (QED) is 0.744. The average Bonchev–Trinajstić information content (AvgIpc) is 3.16. The Morgan fingerprint density at radius 3 is 2.63 bits per heavy atom. The molecule has 144 valence electrons. The number of methoxy groups -OCH3 is 1. The van der Waals surface area contributed by atoms with Crippen LogP contribution in [0.2, 0.25) is 0 Å². The second kappa shape index (κ2) is 9.12. The molecular weight excluding hydrogens is 364 g/mol. The van der Waals surface area contributed by atoms with Crippen molar-refractivity contribution < 1.29 is 19.4 Å². The molecule has 6 nitrogen and oxygen atoms in total. The molecule has 3 rings (SSSR count). The van der Waals surface area contributed by atoms with Gasteiger partial charge in [-0.15, -0.1) is 11.3 Å². The summed E-state index contributed by atoms with van der Waals surface area (Å²) in [6.45, 7) is 1.79. The van der Waals surface area contributed by atoms with Gasteiger partial charge in [-0.25, -0.2) is 4.79 Å². The van der Waals surface area contributed by atoms with E-state index in [1.807, 2.05) is 30.3 Å². The number of rotatable bonds is 6. The lowest BCUT2D eigenvalue weighted by atomic mass is 9.87. The Bertz CT molecular complexity index is 769. The van der Waals surface area contributed by atoms with Gasteiger partial charge in [0, 0.05) is 0 Å². The zero-order valence-corrected chi connectivity index (χ0v) is 16.1. The molecule has 0 radical (unpaired) electrons. The molecule has 1 aliphatic rings. The molecule has 1 saturated heterocycles. The number of hydrogen-bond donors (Lipinski definition) is 2. The fourth-order valence-electron chi connectivity index (χ4n) is 3.40. The van der Waals surface area contributed by atoms with Crippen molar-refractivity contribution >= 4 is 28.9 Å². The number of benzene rings is 1. The van der Waals surface area contributed by atoms with E-state index in [1.54, 1.807) is 11.4 Å². The molecule has 1 fully saturated rings. The van der Waals surface area contributed by atoms with Crippen LogP contribution >= 0.6 is 11.3 Å². The number of nitrogens with one attached hydrogen (secondary N) is 1. The second-order valence-corrected chi connectivity index (χ2v) is 7.59. The number of likely N-dealkylation sites (tertiary alicyclic amines) is 1. The standard InChI is InChI=1S/C20H24N2O4S/c1-26-20(25)19-16(9-12-27-19)21-17(23)13-22-10-7-15(8-11-22)18(24)14-5-3-2-4-6-14/h2-6,9,12,15,18,24H,7-8,10-11,13H2,1H3,(H,21,23)/t18-/m1/s1. The topological polar surface area (TPSA) is 78.9 Å². The van der Waals surface area contributed by atoms with Crippen molar-refractivity contribution in [2.24, 2.45) is 5.92 Å². The van der Waals surface area contributed by atoms with E-state index in [9.17, 15) is 14.7 Å². The van der Waals surface area contributed by atoms with Crippen LogP contribution in [-0.4, -0.2) is 48.6 Å². The molecule has 0 saturated carbocycles. The van der Waals surface area contributed by atoms with Gasteiger partial charge >= 0.3 is 5.97 Å². The molecule has 2 N–H and O–H groups in total. The molecule has 7 heteroatoms. The highest BCUT2D eigenvalue weighted by molar-refractivity contribution is 7.12. The first-order chi connectivity index (χ1) is 13.1. The van der Waals surface area contributed by atoms with Crippen LogP contribution in [0.5, 0.6) is 0 Å². The minimum Gasteiger partial charge on any atom is -0.465 e. The van der Waals surface area contributed by atoms with Crippen LogP contribution in [0.25, 0.3) is 0 Å². The summed E-state index contributed by atoms with van der Waals surface area (Å²) >= 11 is 1.24. The Kier molecular flexibility index (Phi) is 6.60. The first-order valence-electron chi connectivity index (χ1n) is 8.99. The van der Waals surface area contributed by atoms with Gasteiger partial charge in [-0.2, -0.15) is 0 Å². The van der Waals surface area contributed by atoms with Crippen LogP contribution in [0.3, 0.4) is 0 Å². The fourth-order valence-corrected chi connectivity index (χ4v) is 4.17. The number of aliphatic hydroxyl groups excluding tert-OH is 1. The first kappa shape index (κ1) is 19.5. The molecule has 0 aliphatic carbocycles. The lowest BCUT2D eigenvalue weighted by molar-refractivity contribution is -0.117. The van der Waals surface area contributed by atoms with E-state index in [0.29, 0.717) is 10.6 Å². The number of piperidine rings is 1. The molecule has 0 spiro atoms. The van der Waals surface area contributed by atoms with Crippen LogP contribution in [0, 0.1) is 5.92 Å². The predicted octanol–water partition coefficient (Wildman–Crippen LogP) is 2.92. The fraction of sp³-hybridized carbons (Fsp3) is 0.400. The smallest absolute Gasteiger partial charge is 0.350 e. The molecule has 0 unspecified atom stereocenters. The highest BCUT2D eigenvalue weighted by Gasteiger charge is 2.27. The van der Waals surface area contributed by atoms with Gasteiger partial charge in [0.15, 0.2) is 0 Å². The number of amides is 1. The van der Waals surface area contributed by atoms with E-state index in [0.717, 1.165) is 31.5 Å². The van der Waals surface area contributed by atoms with Gasteiger partial charge in [-0.3, -0.25) is 9.69 Å². The predicted molar refractivity (Wildman–Crippen MR) is 105 cm³/mol. The minimum atomic E-state index is -0.462. The summed E-state index contributed by atoms with van der Waals surface area (Å²) in [6, 6.07) is 11.4. The molecule has 1 aliphatic heterocycles. The first-order valence-corrected chi connectivity index (χ1v) is 9.87. The van der Waals surface area contributed by atoms with Crippen molar-refractivity contribution in [1.29, 1.82) is 0 Å². The lowest BCUT2D eigenvalue weighted by Crippen LogP contribution is -2.40. The molecule has 1 amide bonds. The van der Waals surface area contributed by atoms with Crippen molar-refractivity contribution in [3.05, 3.63) is 52.2 Å². The number of nitrogens with zero attached hydrogens (tertiary/aromatic N) is 1. The molecule has 1 atom stereocenters. The highest BCUT2D eigenvalue weighted by atomic mass is 32.1. The van der Waals surface area contributed by atoms with Gasteiger partial charge in [0.05, 0.1) is 25.4 Å². The molecule has 0 bridgehead atoms. The normalized spacial score (nSPS) is 16.7. The van der Waals surface area contributed by atoms with Crippen LogP contribution in [0.1, 0.15) is 34.2 Å². The van der Waals surface area contributed by atoms with E-state index in [-0.39, 0.29) is 18.4 Å². The Labute approximate surface area is 162 Å². The van der Waals surface area contributed by atoms with Gasteiger partial charge in [0.25, 0.3) is 0 Å². The van der Waals surface area contributed by atoms with Crippen molar-refractivity contribution in [2.45, 2.75) is 18.9 Å².